The van der Waals surface area contributed by atoms with E-state index in [1.54, 1.807) is 84.9 Å². The predicted molar refractivity (Wildman–Crippen MR) is 114 cm³/mol. The van der Waals surface area contributed by atoms with E-state index in [0.29, 0.717) is 22.6 Å². The number of ether oxygens (including phenoxy) is 2. The summed E-state index contributed by atoms with van der Waals surface area (Å²) in [5.41, 5.74) is 2.58. The van der Waals surface area contributed by atoms with E-state index in [2.05, 4.69) is 6.58 Å². The topological polar surface area (TPSA) is 76.4 Å². The molecular weight excluding hydrogens is 378 g/mol. The predicted octanol–water partition coefficient (Wildman–Crippen LogP) is 5.04. The van der Waals surface area contributed by atoms with Gasteiger partial charge in [0, 0.05) is 6.08 Å². The lowest BCUT2D eigenvalue weighted by Gasteiger charge is -2.05. The van der Waals surface area contributed by atoms with Gasteiger partial charge in [-0.25, -0.2) is 9.59 Å². The van der Waals surface area contributed by atoms with E-state index in [9.17, 15) is 9.59 Å². The van der Waals surface area contributed by atoms with Gasteiger partial charge in [0.1, 0.15) is 11.5 Å². The number of carbonyl (C=O) groups excluding carboxylic acids is 2. The lowest BCUT2D eigenvalue weighted by atomic mass is 10.1. The summed E-state index contributed by atoms with van der Waals surface area (Å²) < 4.78 is 10.5. The number of hydrogen-bond donors (Lipinski definition) is 0. The summed E-state index contributed by atoms with van der Waals surface area (Å²) in [5.74, 6) is -0.254. The van der Waals surface area contributed by atoms with Crippen LogP contribution in [0.4, 0.5) is 0 Å². The summed E-state index contributed by atoms with van der Waals surface area (Å²) in [6.45, 7) is 3.67. The van der Waals surface area contributed by atoms with Crippen molar-refractivity contribution in [3.8, 4) is 17.6 Å². The first-order valence-corrected chi connectivity index (χ1v) is 9.02. The Morgan fingerprint density at radius 3 is 1.97 bits per heavy atom. The zero-order chi connectivity index (χ0) is 21.3. The Hall–Kier alpha value is -4.43. The number of esters is 2. The first kappa shape index (κ1) is 20.3. The minimum Gasteiger partial charge on any atom is -0.423 e. The van der Waals surface area contributed by atoms with Crippen molar-refractivity contribution in [2.45, 2.75) is 0 Å². The normalized spacial score (nSPS) is 10.2. The first-order valence-electron chi connectivity index (χ1n) is 9.02. The molecule has 5 heteroatoms. The van der Waals surface area contributed by atoms with Gasteiger partial charge in [0.15, 0.2) is 0 Å². The molecule has 0 unspecified atom stereocenters. The molecule has 0 radical (unpaired) electrons. The van der Waals surface area contributed by atoms with Crippen LogP contribution in [0, 0.1) is 11.3 Å². The fraction of sp³-hybridized carbons (Fsp3) is 0. The third-order valence-electron chi connectivity index (χ3n) is 4.09. The second-order valence-corrected chi connectivity index (χ2v) is 6.18. The molecule has 3 aromatic carbocycles. The summed E-state index contributed by atoms with van der Waals surface area (Å²) in [5, 5.41) is 8.77. The van der Waals surface area contributed by atoms with Gasteiger partial charge < -0.3 is 9.47 Å². The quantitative estimate of drug-likeness (QED) is 0.332. The van der Waals surface area contributed by atoms with Gasteiger partial charge in [-0.2, -0.15) is 5.26 Å². The van der Waals surface area contributed by atoms with Gasteiger partial charge in [-0.05, 0) is 65.7 Å². The van der Waals surface area contributed by atoms with E-state index >= 15 is 0 Å². The van der Waals surface area contributed by atoms with Gasteiger partial charge in [-0.3, -0.25) is 0 Å². The Labute approximate surface area is 174 Å². The van der Waals surface area contributed by atoms with Crippen LogP contribution in [-0.2, 0) is 4.79 Å². The molecule has 146 valence electrons. The number of nitriles is 1. The van der Waals surface area contributed by atoms with Crippen molar-refractivity contribution in [1.82, 2.24) is 0 Å². The molecule has 0 aliphatic heterocycles. The van der Waals surface area contributed by atoms with Crippen LogP contribution in [0.2, 0.25) is 0 Å². The van der Waals surface area contributed by atoms with Crippen LogP contribution in [0.15, 0.2) is 85.5 Å². The molecule has 0 fully saturated rings. The summed E-state index contributed by atoms with van der Waals surface area (Å²) in [4.78, 5) is 24.1. The Balaban J connectivity index is 1.56. The minimum atomic E-state index is -0.543. The fourth-order valence-corrected chi connectivity index (χ4v) is 2.48. The Kier molecular flexibility index (Phi) is 6.55. The monoisotopic (exact) mass is 395 g/mol. The molecule has 30 heavy (non-hydrogen) atoms. The average Bonchev–Trinajstić information content (AvgIpc) is 2.79. The molecule has 0 aromatic heterocycles. The highest BCUT2D eigenvalue weighted by molar-refractivity contribution is 5.91. The zero-order valence-corrected chi connectivity index (χ0v) is 15.9. The van der Waals surface area contributed by atoms with E-state index in [0.717, 1.165) is 11.1 Å². The van der Waals surface area contributed by atoms with Crippen LogP contribution in [0.25, 0.3) is 12.2 Å². The van der Waals surface area contributed by atoms with E-state index in [1.807, 2.05) is 6.07 Å². The molecule has 0 atom stereocenters. The van der Waals surface area contributed by atoms with Gasteiger partial charge in [-0.1, -0.05) is 36.9 Å². The molecule has 0 spiro atoms. The summed E-state index contributed by atoms with van der Waals surface area (Å²) >= 11 is 0. The number of carbonyl (C=O) groups is 2. The number of rotatable bonds is 6. The third kappa shape index (κ3) is 5.54. The van der Waals surface area contributed by atoms with Crippen LogP contribution in [-0.4, -0.2) is 11.9 Å². The van der Waals surface area contributed by atoms with Crippen LogP contribution in [0.3, 0.4) is 0 Å². The maximum Gasteiger partial charge on any atom is 0.343 e. The van der Waals surface area contributed by atoms with Gasteiger partial charge in [0.2, 0.25) is 0 Å². The van der Waals surface area contributed by atoms with E-state index in [4.69, 9.17) is 14.7 Å². The van der Waals surface area contributed by atoms with Crippen molar-refractivity contribution in [2.75, 3.05) is 0 Å². The van der Waals surface area contributed by atoms with Crippen molar-refractivity contribution >= 4 is 24.1 Å². The molecule has 0 aliphatic rings. The van der Waals surface area contributed by atoms with Gasteiger partial charge in [0.25, 0.3) is 0 Å². The molecule has 0 heterocycles. The molecule has 0 saturated carbocycles. The highest BCUT2D eigenvalue weighted by Crippen LogP contribution is 2.16. The van der Waals surface area contributed by atoms with Crippen LogP contribution < -0.4 is 9.47 Å². The van der Waals surface area contributed by atoms with Crippen molar-refractivity contribution in [1.29, 1.82) is 5.26 Å². The molecule has 3 rings (SSSR count). The van der Waals surface area contributed by atoms with Crippen molar-refractivity contribution in [3.63, 3.8) is 0 Å². The Morgan fingerprint density at radius 1 is 0.800 bits per heavy atom. The molecular formula is C25H17NO4. The summed E-state index contributed by atoms with van der Waals surface area (Å²) in [6, 6.07) is 21.9. The van der Waals surface area contributed by atoms with Crippen LogP contribution in [0.5, 0.6) is 11.5 Å². The third-order valence-corrected chi connectivity index (χ3v) is 4.09. The highest BCUT2D eigenvalue weighted by Gasteiger charge is 2.08. The maximum atomic E-state index is 12.2. The molecule has 3 aromatic rings. The molecule has 0 saturated heterocycles. The Morgan fingerprint density at radius 2 is 1.37 bits per heavy atom. The number of benzene rings is 3. The lowest BCUT2D eigenvalue weighted by molar-refractivity contribution is -0.128. The minimum absolute atomic E-state index is 0.354. The average molecular weight is 395 g/mol. The standard InChI is InChI=1S/C25H17NO4/c1-2-18-3-10-21(11-4-18)25(28)30-23-12-5-19(6-13-23)9-16-24(27)29-22-14-7-20(17-26)8-15-22/h2-16H,1H2/b16-9+. The van der Waals surface area contributed by atoms with Gasteiger partial charge >= 0.3 is 11.9 Å². The molecule has 0 aliphatic carbocycles. The fourth-order valence-electron chi connectivity index (χ4n) is 2.48. The van der Waals surface area contributed by atoms with Gasteiger partial charge in [0.05, 0.1) is 17.2 Å². The molecule has 0 bridgehead atoms. The van der Waals surface area contributed by atoms with Crippen molar-refractivity contribution in [3.05, 3.63) is 108 Å². The first-order chi connectivity index (χ1) is 14.6. The van der Waals surface area contributed by atoms with Crippen LogP contribution in [0.1, 0.15) is 27.0 Å². The summed E-state index contributed by atoms with van der Waals surface area (Å²) in [6.07, 6.45) is 4.58. The van der Waals surface area contributed by atoms with Crippen molar-refractivity contribution < 1.29 is 19.1 Å². The Bertz CT molecular complexity index is 1120. The number of hydrogen-bond acceptors (Lipinski definition) is 5. The summed E-state index contributed by atoms with van der Waals surface area (Å²) in [7, 11) is 0. The van der Waals surface area contributed by atoms with E-state index in [-0.39, 0.29) is 0 Å². The SMILES string of the molecule is C=Cc1ccc(C(=O)Oc2ccc(/C=C/C(=O)Oc3ccc(C#N)cc3)cc2)cc1. The smallest absolute Gasteiger partial charge is 0.343 e. The molecule has 5 nitrogen and oxygen atoms in total. The second kappa shape index (κ2) is 9.67. The highest BCUT2D eigenvalue weighted by atomic mass is 16.5. The largest absolute Gasteiger partial charge is 0.423 e. The van der Waals surface area contributed by atoms with E-state index < -0.39 is 11.9 Å². The van der Waals surface area contributed by atoms with Crippen molar-refractivity contribution in [2.24, 2.45) is 0 Å². The molecule has 0 amide bonds. The maximum absolute atomic E-state index is 12.2. The van der Waals surface area contributed by atoms with Crippen LogP contribution >= 0.6 is 0 Å². The van der Waals surface area contributed by atoms with Gasteiger partial charge in [-0.15, -0.1) is 0 Å². The molecule has 0 N–H and O–H groups in total. The van der Waals surface area contributed by atoms with E-state index in [1.165, 1.54) is 6.08 Å². The second-order valence-electron chi connectivity index (χ2n) is 6.18. The zero-order valence-electron chi connectivity index (χ0n) is 15.9. The lowest BCUT2D eigenvalue weighted by Crippen LogP contribution is -2.08. The number of nitrogens with zero attached hydrogens (tertiary/aromatic N) is 1.